The predicted molar refractivity (Wildman–Crippen MR) is 108 cm³/mol. The highest BCUT2D eigenvalue weighted by Gasteiger charge is 2.22. The highest BCUT2D eigenvalue weighted by atomic mass is 32.1. The van der Waals surface area contributed by atoms with E-state index in [-0.39, 0.29) is 30.7 Å². The molecule has 152 valence electrons. The van der Waals surface area contributed by atoms with Gasteiger partial charge in [-0.1, -0.05) is 12.1 Å². The fourth-order valence-electron chi connectivity index (χ4n) is 2.71. The number of amides is 2. The molecule has 0 aliphatic heterocycles. The summed E-state index contributed by atoms with van der Waals surface area (Å²) in [6.45, 7) is 1.90. The standard InChI is InChI=1S/C20H20F2N4O2S/c1-12(20-25-16-5-3-4-6-17(16)29-20)26(2)11-19(28)23-10-18(27)24-13-7-8-14(21)15(22)9-13/h3-9,12H,10-11H2,1-2H3,(H,23,28)(H,24,27)/p+1/t12-/m1/s1. The zero-order valence-corrected chi connectivity index (χ0v) is 16.8. The Morgan fingerprint density at radius 3 is 2.62 bits per heavy atom. The van der Waals surface area contributed by atoms with E-state index in [1.165, 1.54) is 6.07 Å². The van der Waals surface area contributed by atoms with E-state index in [0.29, 0.717) is 0 Å². The van der Waals surface area contributed by atoms with Crippen molar-refractivity contribution in [2.75, 3.05) is 25.5 Å². The molecule has 9 heteroatoms. The summed E-state index contributed by atoms with van der Waals surface area (Å²) in [4.78, 5) is 29.6. The molecule has 29 heavy (non-hydrogen) atoms. The molecule has 3 rings (SSSR count). The van der Waals surface area contributed by atoms with Crippen LogP contribution in [0.4, 0.5) is 14.5 Å². The van der Waals surface area contributed by atoms with E-state index in [1.54, 1.807) is 11.3 Å². The number of fused-ring (bicyclic) bond motifs is 1. The van der Waals surface area contributed by atoms with E-state index in [1.807, 2.05) is 38.2 Å². The second-order valence-electron chi connectivity index (χ2n) is 6.72. The number of halogens is 2. The van der Waals surface area contributed by atoms with E-state index in [4.69, 9.17) is 0 Å². The van der Waals surface area contributed by atoms with Crippen LogP contribution in [-0.4, -0.2) is 36.9 Å². The van der Waals surface area contributed by atoms with Gasteiger partial charge in [-0.05, 0) is 31.2 Å². The van der Waals surface area contributed by atoms with Gasteiger partial charge < -0.3 is 15.5 Å². The molecule has 2 aromatic carbocycles. The van der Waals surface area contributed by atoms with Gasteiger partial charge in [0.25, 0.3) is 5.91 Å². The minimum atomic E-state index is -1.05. The number of nitrogens with one attached hydrogen (secondary N) is 3. The number of nitrogens with zero attached hydrogens (tertiary/aromatic N) is 1. The summed E-state index contributed by atoms with van der Waals surface area (Å²) in [7, 11) is 1.89. The number of para-hydroxylation sites is 1. The first-order valence-corrected chi connectivity index (χ1v) is 9.84. The molecule has 0 fully saturated rings. The molecule has 3 aromatic rings. The van der Waals surface area contributed by atoms with Gasteiger partial charge >= 0.3 is 0 Å². The van der Waals surface area contributed by atoms with Crippen molar-refractivity contribution in [3.8, 4) is 0 Å². The quantitative estimate of drug-likeness (QED) is 0.548. The monoisotopic (exact) mass is 419 g/mol. The molecular weight excluding hydrogens is 398 g/mol. The first-order chi connectivity index (χ1) is 13.8. The van der Waals surface area contributed by atoms with Gasteiger partial charge in [-0.15, -0.1) is 11.3 Å². The Balaban J connectivity index is 1.49. The number of carbonyl (C=O) groups is 2. The van der Waals surface area contributed by atoms with Crippen molar-refractivity contribution in [2.24, 2.45) is 0 Å². The van der Waals surface area contributed by atoms with E-state index < -0.39 is 17.5 Å². The van der Waals surface area contributed by atoms with Crippen molar-refractivity contribution in [3.05, 3.63) is 59.1 Å². The molecule has 1 aromatic heterocycles. The Morgan fingerprint density at radius 1 is 1.14 bits per heavy atom. The van der Waals surface area contributed by atoms with Crippen LogP contribution in [0, 0.1) is 11.6 Å². The van der Waals surface area contributed by atoms with Crippen molar-refractivity contribution in [3.63, 3.8) is 0 Å². The largest absolute Gasteiger partial charge is 0.342 e. The van der Waals surface area contributed by atoms with Gasteiger partial charge in [0.15, 0.2) is 23.2 Å². The van der Waals surface area contributed by atoms with E-state index >= 15 is 0 Å². The van der Waals surface area contributed by atoms with Crippen LogP contribution in [0.15, 0.2) is 42.5 Å². The Kier molecular flexibility index (Phi) is 6.50. The fraction of sp³-hybridized carbons (Fsp3) is 0.250. The van der Waals surface area contributed by atoms with Gasteiger partial charge in [0.1, 0.15) is 6.04 Å². The Bertz CT molecular complexity index is 1010. The van der Waals surface area contributed by atoms with Gasteiger partial charge in [0.05, 0.1) is 23.8 Å². The Labute approximate surface area is 170 Å². The van der Waals surface area contributed by atoms with Crippen LogP contribution in [0.1, 0.15) is 18.0 Å². The third-order valence-electron chi connectivity index (χ3n) is 4.51. The number of hydrogen-bond donors (Lipinski definition) is 3. The summed E-state index contributed by atoms with van der Waals surface area (Å²) in [5.41, 5.74) is 1.06. The van der Waals surface area contributed by atoms with Crippen LogP contribution in [0.5, 0.6) is 0 Å². The molecule has 3 N–H and O–H groups in total. The first-order valence-electron chi connectivity index (χ1n) is 9.03. The van der Waals surface area contributed by atoms with E-state index in [2.05, 4.69) is 15.6 Å². The molecule has 1 unspecified atom stereocenters. The third kappa shape index (κ3) is 5.33. The maximum Gasteiger partial charge on any atom is 0.275 e. The number of likely N-dealkylation sites (N-methyl/N-ethyl adjacent to an activating group) is 1. The minimum Gasteiger partial charge on any atom is -0.342 e. The van der Waals surface area contributed by atoms with Crippen LogP contribution < -0.4 is 15.5 Å². The number of aromatic nitrogens is 1. The number of benzene rings is 2. The zero-order valence-electron chi connectivity index (χ0n) is 16.0. The second-order valence-corrected chi connectivity index (χ2v) is 7.78. The average Bonchev–Trinajstić information content (AvgIpc) is 3.13. The van der Waals surface area contributed by atoms with Crippen molar-refractivity contribution < 1.29 is 23.3 Å². The first kappa shape index (κ1) is 20.8. The fourth-order valence-corrected chi connectivity index (χ4v) is 3.82. The summed E-state index contributed by atoms with van der Waals surface area (Å²) in [5.74, 6) is -2.87. The average molecular weight is 419 g/mol. The molecule has 2 amide bonds. The molecule has 6 nitrogen and oxygen atoms in total. The summed E-state index contributed by atoms with van der Waals surface area (Å²) < 4.78 is 27.2. The molecular formula is C20H21F2N4O2S+. The van der Waals surface area contributed by atoms with Gasteiger partial charge in [0, 0.05) is 11.8 Å². The van der Waals surface area contributed by atoms with Crippen LogP contribution in [-0.2, 0) is 9.59 Å². The lowest BCUT2D eigenvalue weighted by Crippen LogP contribution is -3.10. The molecule has 0 bridgehead atoms. The smallest absolute Gasteiger partial charge is 0.275 e. The highest BCUT2D eigenvalue weighted by molar-refractivity contribution is 7.18. The molecule has 0 spiro atoms. The zero-order chi connectivity index (χ0) is 21.0. The predicted octanol–water partition coefficient (Wildman–Crippen LogP) is 1.91. The molecule has 1 heterocycles. The highest BCUT2D eigenvalue weighted by Crippen LogP contribution is 2.24. The van der Waals surface area contributed by atoms with Gasteiger partial charge in [0.2, 0.25) is 5.91 Å². The summed E-state index contributed by atoms with van der Waals surface area (Å²) in [6, 6.07) is 10.9. The molecule has 0 aliphatic carbocycles. The second kappa shape index (κ2) is 9.06. The number of anilines is 1. The summed E-state index contributed by atoms with van der Waals surface area (Å²) >= 11 is 1.60. The number of rotatable bonds is 7. The van der Waals surface area contributed by atoms with Gasteiger partial charge in [-0.3, -0.25) is 9.59 Å². The van der Waals surface area contributed by atoms with Gasteiger partial charge in [-0.2, -0.15) is 0 Å². The normalized spacial score (nSPS) is 13.1. The molecule has 0 aliphatic rings. The molecule has 0 saturated carbocycles. The number of carbonyl (C=O) groups excluding carboxylic acids is 2. The number of quaternary nitrogens is 1. The van der Waals surface area contributed by atoms with Crippen LogP contribution >= 0.6 is 11.3 Å². The summed E-state index contributed by atoms with van der Waals surface area (Å²) in [6.07, 6.45) is 0. The maximum absolute atomic E-state index is 13.2. The SMILES string of the molecule is C[C@H](c1nc2ccccc2s1)[NH+](C)CC(=O)NCC(=O)Nc1ccc(F)c(F)c1. The maximum atomic E-state index is 13.2. The molecule has 0 saturated heterocycles. The minimum absolute atomic E-state index is 0.00849. The van der Waals surface area contributed by atoms with Crippen molar-refractivity contribution >= 4 is 39.1 Å². The number of thiazole rings is 1. The van der Waals surface area contributed by atoms with Crippen molar-refractivity contribution in [1.29, 1.82) is 0 Å². The summed E-state index contributed by atoms with van der Waals surface area (Å²) in [5, 5.41) is 5.88. The van der Waals surface area contributed by atoms with Crippen LogP contribution in [0.3, 0.4) is 0 Å². The van der Waals surface area contributed by atoms with Gasteiger partial charge in [-0.25, -0.2) is 13.8 Å². The third-order valence-corrected chi connectivity index (χ3v) is 5.73. The topological polar surface area (TPSA) is 75.5 Å². The lowest BCUT2D eigenvalue weighted by molar-refractivity contribution is -0.902. The lowest BCUT2D eigenvalue weighted by atomic mass is 10.3. The van der Waals surface area contributed by atoms with E-state index in [9.17, 15) is 18.4 Å². The Morgan fingerprint density at radius 2 is 1.90 bits per heavy atom. The van der Waals surface area contributed by atoms with Crippen molar-refractivity contribution in [1.82, 2.24) is 10.3 Å². The molecule has 0 radical (unpaired) electrons. The van der Waals surface area contributed by atoms with Crippen LogP contribution in [0.2, 0.25) is 0 Å². The number of hydrogen-bond acceptors (Lipinski definition) is 4. The van der Waals surface area contributed by atoms with Crippen LogP contribution in [0.25, 0.3) is 10.2 Å². The van der Waals surface area contributed by atoms with E-state index in [0.717, 1.165) is 32.3 Å². The lowest BCUT2D eigenvalue weighted by Gasteiger charge is -2.19. The van der Waals surface area contributed by atoms with Crippen molar-refractivity contribution in [2.45, 2.75) is 13.0 Å². The Hall–Kier alpha value is -2.91. The molecule has 2 atom stereocenters.